The van der Waals surface area contributed by atoms with Gasteiger partial charge in [0, 0.05) is 17.3 Å². The van der Waals surface area contributed by atoms with Crippen LogP contribution in [0, 0.1) is 13.8 Å². The zero-order valence-corrected chi connectivity index (χ0v) is 9.02. The van der Waals surface area contributed by atoms with Crippen LogP contribution in [0.2, 0.25) is 0 Å². The maximum Gasteiger partial charge on any atom is 0.325 e. The minimum atomic E-state index is -0.799. The van der Waals surface area contributed by atoms with E-state index in [1.165, 1.54) is 6.20 Å². The number of carbonyl (C=O) groups excluding carboxylic acids is 1. The Morgan fingerprint density at radius 1 is 1.44 bits per heavy atom. The molecule has 0 radical (unpaired) electrons. The number of primary amides is 1. The molecule has 2 aromatic rings. The molecule has 0 saturated heterocycles. The van der Waals surface area contributed by atoms with Crippen molar-refractivity contribution >= 4 is 16.9 Å². The number of carbonyl (C=O) groups is 1. The third-order valence-electron chi connectivity index (χ3n) is 2.56. The van der Waals surface area contributed by atoms with Crippen LogP contribution in [-0.2, 0) is 0 Å². The van der Waals surface area contributed by atoms with Gasteiger partial charge in [0.25, 0.3) is 5.56 Å². The summed E-state index contributed by atoms with van der Waals surface area (Å²) in [7, 11) is 0. The number of nitrogens with zero attached hydrogens (tertiary/aromatic N) is 2. The van der Waals surface area contributed by atoms with Crippen LogP contribution in [0.25, 0.3) is 10.9 Å². The molecule has 0 unspecified atom stereocenters. The molecule has 5 heteroatoms. The monoisotopic (exact) mass is 217 g/mol. The van der Waals surface area contributed by atoms with Gasteiger partial charge in [-0.2, -0.15) is 0 Å². The van der Waals surface area contributed by atoms with Gasteiger partial charge in [0.15, 0.2) is 0 Å². The standard InChI is InChI=1S/C11H11N3O2/c1-6-5-8-3-4-14(11(12)16)10(15)9(8)13-7(6)2/h3-5H,1-2H3,(H2,12,16). The van der Waals surface area contributed by atoms with E-state index in [0.29, 0.717) is 5.39 Å². The Hall–Kier alpha value is -2.17. The molecule has 2 rings (SSSR count). The molecule has 0 fully saturated rings. The first-order chi connectivity index (χ1) is 7.50. The Balaban J connectivity index is 2.90. The summed E-state index contributed by atoms with van der Waals surface area (Å²) in [5.41, 5.74) is 6.63. The maximum atomic E-state index is 11.8. The summed E-state index contributed by atoms with van der Waals surface area (Å²) in [6.45, 7) is 3.73. The van der Waals surface area contributed by atoms with E-state index in [4.69, 9.17) is 5.73 Å². The highest BCUT2D eigenvalue weighted by Gasteiger charge is 2.08. The lowest BCUT2D eigenvalue weighted by atomic mass is 10.1. The largest absolute Gasteiger partial charge is 0.351 e. The lowest BCUT2D eigenvalue weighted by Crippen LogP contribution is -2.31. The van der Waals surface area contributed by atoms with E-state index in [1.54, 1.807) is 6.07 Å². The van der Waals surface area contributed by atoms with Crippen LogP contribution in [0.5, 0.6) is 0 Å². The van der Waals surface area contributed by atoms with Crippen molar-refractivity contribution in [2.24, 2.45) is 5.73 Å². The molecule has 0 aliphatic rings. The van der Waals surface area contributed by atoms with Crippen molar-refractivity contribution in [1.29, 1.82) is 0 Å². The summed E-state index contributed by atoms with van der Waals surface area (Å²) in [4.78, 5) is 27.0. The van der Waals surface area contributed by atoms with Crippen LogP contribution in [0.4, 0.5) is 4.79 Å². The van der Waals surface area contributed by atoms with Crippen LogP contribution in [0.1, 0.15) is 11.3 Å². The van der Waals surface area contributed by atoms with Crippen molar-refractivity contribution in [1.82, 2.24) is 9.55 Å². The summed E-state index contributed by atoms with van der Waals surface area (Å²) in [6.07, 6.45) is 1.36. The molecule has 0 atom stereocenters. The molecular formula is C11H11N3O2. The van der Waals surface area contributed by atoms with Crippen molar-refractivity contribution in [3.05, 3.63) is 39.9 Å². The lowest BCUT2D eigenvalue weighted by Gasteiger charge is -2.04. The number of aromatic nitrogens is 2. The predicted molar refractivity (Wildman–Crippen MR) is 60.5 cm³/mol. The number of amides is 1. The molecule has 2 N–H and O–H groups in total. The van der Waals surface area contributed by atoms with Crippen molar-refractivity contribution in [2.75, 3.05) is 0 Å². The van der Waals surface area contributed by atoms with Crippen molar-refractivity contribution in [3.63, 3.8) is 0 Å². The first kappa shape index (κ1) is 10.4. The Morgan fingerprint density at radius 2 is 2.12 bits per heavy atom. The van der Waals surface area contributed by atoms with Crippen LogP contribution in [-0.4, -0.2) is 15.6 Å². The molecule has 0 aliphatic carbocycles. The molecular weight excluding hydrogens is 206 g/mol. The number of nitrogens with two attached hydrogens (primary N) is 1. The summed E-state index contributed by atoms with van der Waals surface area (Å²) >= 11 is 0. The maximum absolute atomic E-state index is 11.8. The van der Waals surface area contributed by atoms with E-state index < -0.39 is 11.6 Å². The zero-order chi connectivity index (χ0) is 11.9. The highest BCUT2D eigenvalue weighted by atomic mass is 16.2. The average molecular weight is 217 g/mol. The minimum Gasteiger partial charge on any atom is -0.351 e. The van der Waals surface area contributed by atoms with Gasteiger partial charge in [0.1, 0.15) is 5.52 Å². The molecule has 0 aromatic carbocycles. The van der Waals surface area contributed by atoms with Crippen molar-refractivity contribution < 1.29 is 4.79 Å². The van der Waals surface area contributed by atoms with E-state index in [9.17, 15) is 9.59 Å². The van der Waals surface area contributed by atoms with Gasteiger partial charge in [-0.1, -0.05) is 0 Å². The SMILES string of the molecule is Cc1cc2ccn(C(N)=O)c(=O)c2nc1C. The van der Waals surface area contributed by atoms with Gasteiger partial charge in [0.05, 0.1) is 0 Å². The number of rotatable bonds is 0. The molecule has 16 heavy (non-hydrogen) atoms. The second-order valence-electron chi connectivity index (χ2n) is 3.66. The number of pyridine rings is 2. The molecule has 5 nitrogen and oxygen atoms in total. The van der Waals surface area contributed by atoms with Gasteiger partial charge in [-0.05, 0) is 31.5 Å². The first-order valence-corrected chi connectivity index (χ1v) is 4.80. The summed E-state index contributed by atoms with van der Waals surface area (Å²) in [5.74, 6) is 0. The van der Waals surface area contributed by atoms with Gasteiger partial charge in [-0.15, -0.1) is 0 Å². The summed E-state index contributed by atoms with van der Waals surface area (Å²) in [5, 5.41) is 0.714. The molecule has 82 valence electrons. The van der Waals surface area contributed by atoms with Crippen molar-refractivity contribution in [2.45, 2.75) is 13.8 Å². The number of fused-ring (bicyclic) bond motifs is 1. The molecule has 0 aliphatic heterocycles. The van der Waals surface area contributed by atoms with E-state index in [-0.39, 0.29) is 5.52 Å². The fourth-order valence-corrected chi connectivity index (χ4v) is 1.54. The van der Waals surface area contributed by atoms with Gasteiger partial charge < -0.3 is 5.73 Å². The number of aryl methyl sites for hydroxylation is 2. The Labute approximate surface area is 91.5 Å². The van der Waals surface area contributed by atoms with Gasteiger partial charge in [-0.25, -0.2) is 14.3 Å². The van der Waals surface area contributed by atoms with Crippen LogP contribution < -0.4 is 11.3 Å². The third kappa shape index (κ3) is 1.46. The second kappa shape index (κ2) is 3.44. The van der Waals surface area contributed by atoms with E-state index in [1.807, 2.05) is 19.9 Å². The number of hydrogen-bond donors (Lipinski definition) is 1. The molecule has 0 spiro atoms. The van der Waals surface area contributed by atoms with E-state index in [2.05, 4.69) is 4.98 Å². The fourth-order valence-electron chi connectivity index (χ4n) is 1.54. The summed E-state index contributed by atoms with van der Waals surface area (Å²) in [6, 6.07) is 2.72. The molecule has 0 bridgehead atoms. The Kier molecular flexibility index (Phi) is 2.23. The molecule has 0 saturated carbocycles. The van der Waals surface area contributed by atoms with Crippen LogP contribution in [0.15, 0.2) is 23.1 Å². The molecule has 1 amide bonds. The smallest absolute Gasteiger partial charge is 0.325 e. The minimum absolute atomic E-state index is 0.268. The highest BCUT2D eigenvalue weighted by Crippen LogP contribution is 2.12. The quantitative estimate of drug-likeness (QED) is 0.713. The first-order valence-electron chi connectivity index (χ1n) is 4.80. The Morgan fingerprint density at radius 3 is 2.75 bits per heavy atom. The summed E-state index contributed by atoms with van der Waals surface area (Å²) < 4.78 is 0.851. The molecule has 2 heterocycles. The second-order valence-corrected chi connectivity index (χ2v) is 3.66. The molecule has 2 aromatic heterocycles. The van der Waals surface area contributed by atoms with Crippen molar-refractivity contribution in [3.8, 4) is 0 Å². The lowest BCUT2D eigenvalue weighted by molar-refractivity contribution is 0.249. The normalized spacial score (nSPS) is 10.6. The van der Waals surface area contributed by atoms with Gasteiger partial charge in [0.2, 0.25) is 0 Å². The van der Waals surface area contributed by atoms with E-state index >= 15 is 0 Å². The predicted octanol–water partition coefficient (Wildman–Crippen LogP) is 0.940. The average Bonchev–Trinajstić information content (AvgIpc) is 2.21. The van der Waals surface area contributed by atoms with E-state index in [0.717, 1.165) is 15.8 Å². The Bertz CT molecular complexity index is 643. The zero-order valence-electron chi connectivity index (χ0n) is 9.02. The van der Waals surface area contributed by atoms with Crippen LogP contribution >= 0.6 is 0 Å². The van der Waals surface area contributed by atoms with Gasteiger partial charge in [-0.3, -0.25) is 4.79 Å². The van der Waals surface area contributed by atoms with Gasteiger partial charge >= 0.3 is 6.03 Å². The fraction of sp³-hybridized carbons (Fsp3) is 0.182. The highest BCUT2D eigenvalue weighted by molar-refractivity contribution is 5.83. The topological polar surface area (TPSA) is 78.0 Å². The number of hydrogen-bond acceptors (Lipinski definition) is 3. The third-order valence-corrected chi connectivity index (χ3v) is 2.56. The van der Waals surface area contributed by atoms with Crippen LogP contribution in [0.3, 0.4) is 0 Å².